The monoisotopic (exact) mass is 458 g/mol. The van der Waals surface area contributed by atoms with Crippen LogP contribution in [-0.4, -0.2) is 26.4 Å². The summed E-state index contributed by atoms with van der Waals surface area (Å²) in [6.07, 6.45) is 4.57. The lowest BCUT2D eigenvalue weighted by Crippen LogP contribution is -2.16. The minimum atomic E-state index is -1.90. The number of oxime groups is 1. The van der Waals surface area contributed by atoms with E-state index >= 15 is 0 Å². The van der Waals surface area contributed by atoms with Crippen molar-refractivity contribution in [2.45, 2.75) is 7.59 Å². The molecule has 11 heteroatoms. The molecule has 0 bridgehead atoms. The highest BCUT2D eigenvalue weighted by atomic mass is 35.6. The van der Waals surface area contributed by atoms with E-state index < -0.39 is 7.59 Å². The van der Waals surface area contributed by atoms with Crippen molar-refractivity contribution in [2.75, 3.05) is 0 Å². The van der Waals surface area contributed by atoms with Crippen molar-refractivity contribution in [3.05, 3.63) is 52.9 Å². The zero-order chi connectivity index (χ0) is 18.7. The van der Waals surface area contributed by atoms with E-state index in [0.717, 1.165) is 11.1 Å². The Balaban J connectivity index is 2.37. The van der Waals surface area contributed by atoms with Gasteiger partial charge < -0.3 is 5.21 Å². The van der Waals surface area contributed by atoms with Crippen molar-refractivity contribution >= 4 is 88.0 Å². The SMILES string of the molecule is O/N=C/c1ccc(/C=C/c2nc(C(Cl)(Cl)Cl)nc(C(Cl)(Cl)Cl)n2)cc1. The van der Waals surface area contributed by atoms with Crippen LogP contribution < -0.4 is 0 Å². The van der Waals surface area contributed by atoms with Gasteiger partial charge in [0.1, 0.15) is 0 Å². The molecular formula is C14H8Cl6N4O. The lowest BCUT2D eigenvalue weighted by atomic mass is 10.1. The fraction of sp³-hybridized carbons (Fsp3) is 0.143. The van der Waals surface area contributed by atoms with Gasteiger partial charge in [0, 0.05) is 0 Å². The van der Waals surface area contributed by atoms with Gasteiger partial charge in [0.05, 0.1) is 6.21 Å². The van der Waals surface area contributed by atoms with E-state index in [1.807, 2.05) is 0 Å². The van der Waals surface area contributed by atoms with E-state index in [9.17, 15) is 0 Å². The number of benzene rings is 1. The first-order chi connectivity index (χ1) is 11.6. The van der Waals surface area contributed by atoms with Crippen molar-refractivity contribution in [2.24, 2.45) is 5.16 Å². The minimum Gasteiger partial charge on any atom is -0.411 e. The maximum Gasteiger partial charge on any atom is 0.250 e. The Morgan fingerprint density at radius 3 is 1.68 bits per heavy atom. The molecule has 1 aromatic carbocycles. The Hall–Kier alpha value is -0.820. The van der Waals surface area contributed by atoms with Gasteiger partial charge >= 0.3 is 0 Å². The van der Waals surface area contributed by atoms with Gasteiger partial charge in [-0.3, -0.25) is 0 Å². The summed E-state index contributed by atoms with van der Waals surface area (Å²) in [6.45, 7) is 0. The number of hydrogen-bond donors (Lipinski definition) is 1. The van der Waals surface area contributed by atoms with Crippen molar-refractivity contribution in [1.29, 1.82) is 0 Å². The number of nitrogens with zero attached hydrogens (tertiary/aromatic N) is 4. The molecule has 0 atom stereocenters. The molecule has 2 rings (SSSR count). The van der Waals surface area contributed by atoms with E-state index in [4.69, 9.17) is 74.8 Å². The van der Waals surface area contributed by atoms with E-state index in [-0.39, 0.29) is 17.5 Å². The first-order valence-corrected chi connectivity index (χ1v) is 8.72. The van der Waals surface area contributed by atoms with Crippen molar-refractivity contribution in [1.82, 2.24) is 15.0 Å². The number of aromatic nitrogens is 3. The van der Waals surface area contributed by atoms with Gasteiger partial charge in [0.25, 0.3) is 0 Å². The fourth-order valence-corrected chi connectivity index (χ4v) is 2.16. The van der Waals surface area contributed by atoms with Crippen LogP contribution in [0.1, 0.15) is 28.6 Å². The van der Waals surface area contributed by atoms with Crippen LogP contribution in [0.15, 0.2) is 29.4 Å². The van der Waals surface area contributed by atoms with Gasteiger partial charge in [0.15, 0.2) is 17.5 Å². The van der Waals surface area contributed by atoms with Gasteiger partial charge in [-0.25, -0.2) is 15.0 Å². The molecule has 0 saturated heterocycles. The van der Waals surface area contributed by atoms with Crippen LogP contribution in [0.4, 0.5) is 0 Å². The summed E-state index contributed by atoms with van der Waals surface area (Å²) in [7, 11) is 0. The van der Waals surface area contributed by atoms with Crippen LogP contribution >= 0.6 is 69.6 Å². The number of alkyl halides is 6. The molecule has 5 nitrogen and oxygen atoms in total. The average Bonchev–Trinajstić information content (AvgIpc) is 2.52. The Morgan fingerprint density at radius 2 is 1.24 bits per heavy atom. The molecule has 2 aromatic rings. The molecule has 0 saturated carbocycles. The predicted molar refractivity (Wildman–Crippen MR) is 103 cm³/mol. The second-order valence-corrected chi connectivity index (χ2v) is 9.14. The average molecular weight is 461 g/mol. The number of rotatable bonds is 3. The summed E-state index contributed by atoms with van der Waals surface area (Å²) in [4.78, 5) is 12.0. The Morgan fingerprint density at radius 1 is 0.760 bits per heavy atom. The third-order valence-electron chi connectivity index (χ3n) is 2.73. The summed E-state index contributed by atoms with van der Waals surface area (Å²) in [5.74, 6) is -0.176. The Labute approximate surface area is 173 Å². The van der Waals surface area contributed by atoms with Crippen molar-refractivity contribution < 1.29 is 5.21 Å². The van der Waals surface area contributed by atoms with Gasteiger partial charge in [-0.05, 0) is 17.2 Å². The molecule has 25 heavy (non-hydrogen) atoms. The molecule has 0 fully saturated rings. The summed E-state index contributed by atoms with van der Waals surface area (Å²) < 4.78 is -3.80. The molecule has 0 spiro atoms. The summed E-state index contributed by atoms with van der Waals surface area (Å²) in [5.41, 5.74) is 1.55. The molecule has 0 unspecified atom stereocenters. The molecular weight excluding hydrogens is 453 g/mol. The summed E-state index contributed by atoms with van der Waals surface area (Å²) >= 11 is 34.9. The summed E-state index contributed by atoms with van der Waals surface area (Å²) in [5, 5.41) is 11.4. The van der Waals surface area contributed by atoms with E-state index in [2.05, 4.69) is 20.1 Å². The smallest absolute Gasteiger partial charge is 0.250 e. The lowest BCUT2D eigenvalue weighted by molar-refractivity contribution is 0.322. The maximum absolute atomic E-state index is 8.49. The van der Waals surface area contributed by atoms with Gasteiger partial charge in [-0.1, -0.05) is 105 Å². The van der Waals surface area contributed by atoms with Crippen LogP contribution in [0.3, 0.4) is 0 Å². The fourth-order valence-electron chi connectivity index (χ4n) is 1.65. The summed E-state index contributed by atoms with van der Waals surface area (Å²) in [6, 6.07) is 7.10. The first kappa shape index (κ1) is 20.5. The second kappa shape index (κ2) is 8.25. The molecule has 0 aliphatic heterocycles. The molecule has 0 radical (unpaired) electrons. The largest absolute Gasteiger partial charge is 0.411 e. The van der Waals surface area contributed by atoms with Gasteiger partial charge in [0.2, 0.25) is 7.59 Å². The zero-order valence-electron chi connectivity index (χ0n) is 12.0. The van der Waals surface area contributed by atoms with Crippen LogP contribution in [0.2, 0.25) is 0 Å². The third-order valence-corrected chi connectivity index (χ3v) is 3.74. The number of halogens is 6. The topological polar surface area (TPSA) is 71.3 Å². The molecule has 0 amide bonds. The van der Waals surface area contributed by atoms with Gasteiger partial charge in [-0.15, -0.1) is 0 Å². The minimum absolute atomic E-state index is 0.152. The van der Waals surface area contributed by atoms with E-state index in [1.54, 1.807) is 36.4 Å². The Bertz CT molecular complexity index is 764. The molecule has 1 N–H and O–H groups in total. The second-order valence-electron chi connectivity index (χ2n) is 4.58. The first-order valence-electron chi connectivity index (χ1n) is 6.45. The lowest BCUT2D eigenvalue weighted by Gasteiger charge is -2.14. The molecule has 132 valence electrons. The maximum atomic E-state index is 8.49. The van der Waals surface area contributed by atoms with E-state index in [0.29, 0.717) is 0 Å². The molecule has 0 aliphatic carbocycles. The quantitative estimate of drug-likeness (QED) is 0.284. The normalized spacial score (nSPS) is 13.0. The standard InChI is InChI=1S/C14H8Cl6N4O/c15-13(16,17)11-22-10(23-12(24-11)14(18,19)20)6-5-8-1-3-9(4-2-8)7-21-25/h1-7,25H/b6-5+,21-7+. The zero-order valence-corrected chi connectivity index (χ0v) is 16.6. The van der Waals surface area contributed by atoms with Gasteiger partial charge in [-0.2, -0.15) is 0 Å². The van der Waals surface area contributed by atoms with Crippen LogP contribution in [0, 0.1) is 0 Å². The van der Waals surface area contributed by atoms with Crippen LogP contribution in [-0.2, 0) is 7.59 Å². The van der Waals surface area contributed by atoms with Crippen LogP contribution in [0.25, 0.3) is 12.2 Å². The predicted octanol–water partition coefficient (Wildman–Crippen LogP) is 5.50. The molecule has 1 heterocycles. The highest BCUT2D eigenvalue weighted by molar-refractivity contribution is 6.67. The molecule has 0 aliphatic rings. The highest BCUT2D eigenvalue weighted by Gasteiger charge is 2.33. The Kier molecular flexibility index (Phi) is 6.76. The highest BCUT2D eigenvalue weighted by Crippen LogP contribution is 2.39. The van der Waals surface area contributed by atoms with Crippen LogP contribution in [0.5, 0.6) is 0 Å². The van der Waals surface area contributed by atoms with Crippen molar-refractivity contribution in [3.8, 4) is 0 Å². The van der Waals surface area contributed by atoms with E-state index in [1.165, 1.54) is 6.21 Å². The number of hydrogen-bond acceptors (Lipinski definition) is 5. The third kappa shape index (κ3) is 6.13. The molecule has 1 aromatic heterocycles. The van der Waals surface area contributed by atoms with Crippen molar-refractivity contribution in [3.63, 3.8) is 0 Å².